The van der Waals surface area contributed by atoms with Crippen molar-refractivity contribution in [2.24, 2.45) is 5.73 Å². The van der Waals surface area contributed by atoms with Crippen LogP contribution >= 0.6 is 11.3 Å². The van der Waals surface area contributed by atoms with E-state index in [0.717, 1.165) is 11.3 Å². The monoisotopic (exact) mass is 290 g/mol. The van der Waals surface area contributed by atoms with Gasteiger partial charge in [0.15, 0.2) is 0 Å². The van der Waals surface area contributed by atoms with Crippen LogP contribution in [0.5, 0.6) is 0 Å². The van der Waals surface area contributed by atoms with Gasteiger partial charge in [-0.3, -0.25) is 0 Å². The Labute approximate surface area is 111 Å². The molecule has 7 heteroatoms. The quantitative estimate of drug-likeness (QED) is 0.836. The molecule has 2 rings (SSSR count). The molecule has 5 nitrogen and oxygen atoms in total. The topological polar surface area (TPSA) is 81.4 Å². The molecule has 1 aliphatic heterocycles. The second-order valence-corrected chi connectivity index (χ2v) is 7.46. The summed E-state index contributed by atoms with van der Waals surface area (Å²) in [6.45, 7) is 3.02. The van der Waals surface area contributed by atoms with Gasteiger partial charge in [-0.05, 0) is 38.4 Å². The molecule has 2 heterocycles. The maximum absolute atomic E-state index is 12.2. The van der Waals surface area contributed by atoms with Crippen LogP contribution in [0.1, 0.15) is 18.2 Å². The molecular formula is C11H18N2O3S2. The average Bonchev–Trinajstić information content (AvgIpc) is 2.90. The Hall–Kier alpha value is -0.470. The maximum atomic E-state index is 12.2. The molecule has 18 heavy (non-hydrogen) atoms. The molecule has 102 valence electrons. The summed E-state index contributed by atoms with van der Waals surface area (Å²) in [6.07, 6.45) is 1.37. The van der Waals surface area contributed by atoms with Gasteiger partial charge in [0.2, 0.25) is 10.0 Å². The van der Waals surface area contributed by atoms with Crippen molar-refractivity contribution in [3.05, 3.63) is 17.0 Å². The lowest BCUT2D eigenvalue weighted by atomic mass is 10.2. The van der Waals surface area contributed by atoms with Gasteiger partial charge in [-0.25, -0.2) is 13.1 Å². The second-order valence-electron chi connectivity index (χ2n) is 4.35. The normalized spacial score (nSPS) is 24.6. The highest BCUT2D eigenvalue weighted by Gasteiger charge is 2.29. The minimum Gasteiger partial charge on any atom is -0.377 e. The first-order valence-corrected chi connectivity index (χ1v) is 8.25. The van der Waals surface area contributed by atoms with E-state index in [0.29, 0.717) is 23.8 Å². The van der Waals surface area contributed by atoms with Crippen LogP contribution in [0.4, 0.5) is 0 Å². The van der Waals surface area contributed by atoms with E-state index in [9.17, 15) is 8.42 Å². The molecule has 3 N–H and O–H groups in total. The van der Waals surface area contributed by atoms with Crippen molar-refractivity contribution in [2.75, 3.05) is 13.2 Å². The van der Waals surface area contributed by atoms with Gasteiger partial charge in [0.1, 0.15) is 4.21 Å². The van der Waals surface area contributed by atoms with Gasteiger partial charge in [0, 0.05) is 11.5 Å². The number of ether oxygens (including phenoxy) is 1. The van der Waals surface area contributed by atoms with E-state index in [1.54, 1.807) is 6.07 Å². The van der Waals surface area contributed by atoms with Gasteiger partial charge in [0.05, 0.1) is 12.1 Å². The number of hydrogen-bond acceptors (Lipinski definition) is 5. The fourth-order valence-electron chi connectivity index (χ4n) is 1.92. The summed E-state index contributed by atoms with van der Waals surface area (Å²) in [4.78, 5) is 0.994. The van der Waals surface area contributed by atoms with Gasteiger partial charge in [-0.2, -0.15) is 0 Å². The number of rotatable bonds is 5. The van der Waals surface area contributed by atoms with Gasteiger partial charge >= 0.3 is 0 Å². The van der Waals surface area contributed by atoms with Crippen molar-refractivity contribution >= 4 is 21.4 Å². The van der Waals surface area contributed by atoms with Crippen LogP contribution < -0.4 is 10.5 Å². The zero-order valence-electron chi connectivity index (χ0n) is 10.3. The van der Waals surface area contributed by atoms with Crippen molar-refractivity contribution in [3.63, 3.8) is 0 Å². The van der Waals surface area contributed by atoms with Gasteiger partial charge in [0.25, 0.3) is 0 Å². The third-order valence-corrected chi connectivity index (χ3v) is 6.10. The van der Waals surface area contributed by atoms with Crippen LogP contribution in [0.15, 0.2) is 16.3 Å². The number of nitrogens with one attached hydrogen (secondary N) is 1. The van der Waals surface area contributed by atoms with Crippen molar-refractivity contribution < 1.29 is 13.2 Å². The smallest absolute Gasteiger partial charge is 0.250 e. The van der Waals surface area contributed by atoms with E-state index in [1.165, 1.54) is 11.3 Å². The predicted molar refractivity (Wildman–Crippen MR) is 71.2 cm³/mol. The summed E-state index contributed by atoms with van der Waals surface area (Å²) < 4.78 is 32.7. The summed E-state index contributed by atoms with van der Waals surface area (Å²) in [7, 11) is -3.43. The number of hydrogen-bond donors (Lipinski definition) is 2. The van der Waals surface area contributed by atoms with Crippen LogP contribution in [-0.2, 0) is 21.2 Å². The maximum Gasteiger partial charge on any atom is 0.250 e. The first kappa shape index (κ1) is 14.0. The molecule has 0 bridgehead atoms. The molecule has 2 atom stereocenters. The number of sulfonamides is 1. The SMILES string of the molecule is CC1OCCC1NS(=O)(=O)c1ccc(CCN)s1. The van der Waals surface area contributed by atoms with Crippen LogP contribution in [0.3, 0.4) is 0 Å². The van der Waals surface area contributed by atoms with Gasteiger partial charge in [-0.1, -0.05) is 0 Å². The molecule has 0 aromatic carbocycles. The lowest BCUT2D eigenvalue weighted by Gasteiger charge is -2.15. The summed E-state index contributed by atoms with van der Waals surface area (Å²) >= 11 is 1.28. The molecule has 0 radical (unpaired) electrons. The third-order valence-electron chi connectivity index (χ3n) is 2.98. The lowest BCUT2D eigenvalue weighted by Crippen LogP contribution is -2.38. The second kappa shape index (κ2) is 5.66. The van der Waals surface area contributed by atoms with E-state index in [2.05, 4.69) is 4.72 Å². The van der Waals surface area contributed by atoms with Crippen molar-refractivity contribution in [3.8, 4) is 0 Å². The fourth-order valence-corrected chi connectivity index (χ4v) is 4.65. The van der Waals surface area contributed by atoms with E-state index < -0.39 is 10.0 Å². The Morgan fingerprint density at radius 1 is 1.56 bits per heavy atom. The molecule has 0 spiro atoms. The molecule has 1 aliphatic rings. The standard InChI is InChI=1S/C11H18N2O3S2/c1-8-10(5-7-16-8)13-18(14,15)11-3-2-9(17-11)4-6-12/h2-3,8,10,13H,4-7,12H2,1H3. The average molecular weight is 290 g/mol. The minimum absolute atomic E-state index is 0.0664. The van der Waals surface area contributed by atoms with Gasteiger partial charge in [-0.15, -0.1) is 11.3 Å². The largest absolute Gasteiger partial charge is 0.377 e. The Bertz CT molecular complexity index is 498. The summed E-state index contributed by atoms with van der Waals surface area (Å²) in [5, 5.41) is 0. The molecule has 0 saturated carbocycles. The van der Waals surface area contributed by atoms with Gasteiger partial charge < -0.3 is 10.5 Å². The molecule has 0 amide bonds. The third kappa shape index (κ3) is 3.10. The first-order chi connectivity index (χ1) is 8.53. The molecule has 1 fully saturated rings. The van der Waals surface area contributed by atoms with E-state index in [1.807, 2.05) is 13.0 Å². The lowest BCUT2D eigenvalue weighted by molar-refractivity contribution is 0.117. The molecule has 0 aliphatic carbocycles. The Morgan fingerprint density at radius 2 is 2.33 bits per heavy atom. The van der Waals surface area contributed by atoms with Crippen LogP contribution in [0.25, 0.3) is 0 Å². The molecular weight excluding hydrogens is 272 g/mol. The van der Waals surface area contributed by atoms with Crippen molar-refractivity contribution in [1.82, 2.24) is 4.72 Å². The molecule has 1 aromatic rings. The number of nitrogens with two attached hydrogens (primary N) is 1. The highest BCUT2D eigenvalue weighted by Crippen LogP contribution is 2.23. The van der Waals surface area contributed by atoms with Crippen molar-refractivity contribution in [2.45, 2.75) is 36.1 Å². The Morgan fingerprint density at radius 3 is 2.94 bits per heavy atom. The minimum atomic E-state index is -3.43. The Kier molecular flexibility index (Phi) is 4.39. The molecule has 1 aromatic heterocycles. The molecule has 1 saturated heterocycles. The predicted octanol–water partition coefficient (Wildman–Crippen LogP) is 0.705. The van der Waals surface area contributed by atoms with Crippen LogP contribution in [0.2, 0.25) is 0 Å². The van der Waals surface area contributed by atoms with Crippen LogP contribution in [0, 0.1) is 0 Å². The van der Waals surface area contributed by atoms with E-state index in [-0.39, 0.29) is 12.1 Å². The van der Waals surface area contributed by atoms with E-state index in [4.69, 9.17) is 10.5 Å². The highest BCUT2D eigenvalue weighted by molar-refractivity contribution is 7.91. The Balaban J connectivity index is 2.09. The number of thiophene rings is 1. The first-order valence-electron chi connectivity index (χ1n) is 5.95. The van der Waals surface area contributed by atoms with E-state index >= 15 is 0 Å². The van der Waals surface area contributed by atoms with Crippen molar-refractivity contribution in [1.29, 1.82) is 0 Å². The zero-order valence-corrected chi connectivity index (χ0v) is 11.9. The summed E-state index contributed by atoms with van der Waals surface area (Å²) in [5.74, 6) is 0. The highest BCUT2D eigenvalue weighted by atomic mass is 32.2. The summed E-state index contributed by atoms with van der Waals surface area (Å²) in [6, 6.07) is 3.33. The molecule has 2 unspecified atom stereocenters. The summed E-state index contributed by atoms with van der Waals surface area (Å²) in [5.41, 5.74) is 5.45. The fraction of sp³-hybridized carbons (Fsp3) is 0.636. The zero-order chi connectivity index (χ0) is 13.2. The van der Waals surface area contributed by atoms with Crippen LogP contribution in [-0.4, -0.2) is 33.7 Å².